The number of hydrogen-bond donors (Lipinski definition) is 0. The number of aryl methyl sites for hydroxylation is 2. The Balaban J connectivity index is 2.68. The number of carbonyl (C=O) groups excluding carboxylic acids is 1. The van der Waals surface area contributed by atoms with E-state index in [1.807, 2.05) is 42.9 Å². The summed E-state index contributed by atoms with van der Waals surface area (Å²) >= 11 is 0. The van der Waals surface area contributed by atoms with E-state index in [0.717, 1.165) is 10.9 Å². The first kappa shape index (κ1) is 9.77. The minimum atomic E-state index is -0.288. The highest BCUT2D eigenvalue weighted by Gasteiger charge is 2.10. The van der Waals surface area contributed by atoms with Gasteiger partial charge >= 0.3 is 5.97 Å². The molecular formula is C12H13NO2. The van der Waals surface area contributed by atoms with Crippen LogP contribution < -0.4 is 4.74 Å². The van der Waals surface area contributed by atoms with Gasteiger partial charge in [0.1, 0.15) is 0 Å². The van der Waals surface area contributed by atoms with E-state index in [4.69, 9.17) is 4.74 Å². The molecule has 0 amide bonds. The van der Waals surface area contributed by atoms with Crippen LogP contribution in [0.1, 0.15) is 12.5 Å². The summed E-state index contributed by atoms with van der Waals surface area (Å²) < 4.78 is 7.12. The van der Waals surface area contributed by atoms with Gasteiger partial charge in [-0.3, -0.25) is 4.79 Å². The molecule has 15 heavy (non-hydrogen) atoms. The lowest BCUT2D eigenvalue weighted by Crippen LogP contribution is -2.00. The molecule has 3 nitrogen and oxygen atoms in total. The van der Waals surface area contributed by atoms with Crippen molar-refractivity contribution in [1.82, 2.24) is 4.57 Å². The zero-order valence-corrected chi connectivity index (χ0v) is 9.07. The summed E-state index contributed by atoms with van der Waals surface area (Å²) in [4.78, 5) is 10.9. The molecule has 0 radical (unpaired) electrons. The summed E-state index contributed by atoms with van der Waals surface area (Å²) in [7, 11) is 1.95. The summed E-state index contributed by atoms with van der Waals surface area (Å²) in [5, 5.41) is 0.979. The second-order valence-corrected chi connectivity index (χ2v) is 3.67. The molecule has 0 bridgehead atoms. The number of benzene rings is 1. The first-order valence-electron chi connectivity index (χ1n) is 4.82. The van der Waals surface area contributed by atoms with Gasteiger partial charge in [-0.15, -0.1) is 0 Å². The van der Waals surface area contributed by atoms with E-state index < -0.39 is 0 Å². The maximum absolute atomic E-state index is 10.9. The SMILES string of the molecule is CC(=O)Oc1cn(C)c2c(C)cccc12. The first-order chi connectivity index (χ1) is 7.09. The van der Waals surface area contributed by atoms with Crippen LogP contribution >= 0.6 is 0 Å². The third-order valence-corrected chi connectivity index (χ3v) is 2.42. The van der Waals surface area contributed by atoms with Crippen LogP contribution in [0.5, 0.6) is 5.75 Å². The van der Waals surface area contributed by atoms with Crippen molar-refractivity contribution in [1.29, 1.82) is 0 Å². The number of ether oxygens (including phenoxy) is 1. The maximum atomic E-state index is 10.9. The molecule has 1 aromatic heterocycles. The van der Waals surface area contributed by atoms with E-state index >= 15 is 0 Å². The second-order valence-electron chi connectivity index (χ2n) is 3.67. The van der Waals surface area contributed by atoms with Crippen molar-refractivity contribution >= 4 is 16.9 Å². The maximum Gasteiger partial charge on any atom is 0.308 e. The number of hydrogen-bond acceptors (Lipinski definition) is 2. The highest BCUT2D eigenvalue weighted by molar-refractivity contribution is 5.91. The highest BCUT2D eigenvalue weighted by atomic mass is 16.5. The second kappa shape index (κ2) is 3.42. The molecule has 2 aromatic rings. The van der Waals surface area contributed by atoms with Gasteiger partial charge in [0, 0.05) is 25.6 Å². The summed E-state index contributed by atoms with van der Waals surface area (Å²) in [6.45, 7) is 3.45. The zero-order valence-electron chi connectivity index (χ0n) is 9.07. The molecule has 0 N–H and O–H groups in total. The number of rotatable bonds is 1. The molecule has 1 heterocycles. The van der Waals surface area contributed by atoms with Crippen LogP contribution in [-0.4, -0.2) is 10.5 Å². The van der Waals surface area contributed by atoms with Crippen LogP contribution in [0.2, 0.25) is 0 Å². The van der Waals surface area contributed by atoms with Crippen molar-refractivity contribution in [3.05, 3.63) is 30.0 Å². The van der Waals surface area contributed by atoms with E-state index in [1.165, 1.54) is 12.5 Å². The molecule has 0 fully saturated rings. The molecule has 0 saturated heterocycles. The summed E-state index contributed by atoms with van der Waals surface area (Å²) in [6.07, 6.45) is 1.83. The Kier molecular flexibility index (Phi) is 2.23. The summed E-state index contributed by atoms with van der Waals surface area (Å²) in [5.41, 5.74) is 2.28. The smallest absolute Gasteiger partial charge is 0.308 e. The van der Waals surface area contributed by atoms with Crippen LogP contribution in [0.15, 0.2) is 24.4 Å². The lowest BCUT2D eigenvalue weighted by molar-refractivity contribution is -0.131. The van der Waals surface area contributed by atoms with Gasteiger partial charge in [-0.1, -0.05) is 12.1 Å². The molecule has 2 rings (SSSR count). The molecule has 0 unspecified atom stereocenters. The third-order valence-electron chi connectivity index (χ3n) is 2.42. The fraction of sp³-hybridized carbons (Fsp3) is 0.250. The molecule has 78 valence electrons. The van der Waals surface area contributed by atoms with Crippen LogP contribution in [0.25, 0.3) is 10.9 Å². The fourth-order valence-corrected chi connectivity index (χ4v) is 1.87. The van der Waals surface area contributed by atoms with Gasteiger partial charge in [0.2, 0.25) is 0 Å². The Hall–Kier alpha value is -1.77. The van der Waals surface area contributed by atoms with Gasteiger partial charge in [-0.05, 0) is 18.6 Å². The van der Waals surface area contributed by atoms with Gasteiger partial charge in [0.05, 0.1) is 5.52 Å². The van der Waals surface area contributed by atoms with Crippen LogP contribution in [0, 0.1) is 6.92 Å². The number of para-hydroxylation sites is 1. The van der Waals surface area contributed by atoms with Crippen molar-refractivity contribution in [2.45, 2.75) is 13.8 Å². The van der Waals surface area contributed by atoms with E-state index in [1.54, 1.807) is 0 Å². The normalized spacial score (nSPS) is 10.6. The van der Waals surface area contributed by atoms with Gasteiger partial charge in [0.15, 0.2) is 5.75 Å². The summed E-state index contributed by atoms with van der Waals surface area (Å²) in [6, 6.07) is 5.96. The van der Waals surface area contributed by atoms with E-state index in [0.29, 0.717) is 5.75 Å². The van der Waals surface area contributed by atoms with Crippen molar-refractivity contribution in [2.75, 3.05) is 0 Å². The quantitative estimate of drug-likeness (QED) is 0.666. The van der Waals surface area contributed by atoms with E-state index in [-0.39, 0.29) is 5.97 Å². The standard InChI is InChI=1S/C12H13NO2/c1-8-5-4-6-10-11(15-9(2)14)7-13(3)12(8)10/h4-7H,1-3H3. The van der Waals surface area contributed by atoms with Crippen LogP contribution in [0.3, 0.4) is 0 Å². The molecule has 0 spiro atoms. The van der Waals surface area contributed by atoms with Crippen molar-refractivity contribution in [2.24, 2.45) is 7.05 Å². The minimum Gasteiger partial charge on any atom is -0.424 e. The van der Waals surface area contributed by atoms with E-state index in [9.17, 15) is 4.79 Å². The Morgan fingerprint density at radius 1 is 1.40 bits per heavy atom. The average Bonchev–Trinajstić information content (AvgIpc) is 2.44. The van der Waals surface area contributed by atoms with Gasteiger partial charge in [-0.25, -0.2) is 0 Å². The Morgan fingerprint density at radius 2 is 2.13 bits per heavy atom. The van der Waals surface area contributed by atoms with Gasteiger partial charge < -0.3 is 9.30 Å². The molecule has 3 heteroatoms. The molecule has 0 aliphatic heterocycles. The topological polar surface area (TPSA) is 31.2 Å². The summed E-state index contributed by atoms with van der Waals surface area (Å²) in [5.74, 6) is 0.340. The third kappa shape index (κ3) is 1.61. The zero-order chi connectivity index (χ0) is 11.0. The number of fused-ring (bicyclic) bond motifs is 1. The predicted molar refractivity (Wildman–Crippen MR) is 59.0 cm³/mol. The monoisotopic (exact) mass is 203 g/mol. The first-order valence-corrected chi connectivity index (χ1v) is 4.82. The number of aromatic nitrogens is 1. The predicted octanol–water partition coefficient (Wildman–Crippen LogP) is 2.41. The minimum absolute atomic E-state index is 0.288. The largest absolute Gasteiger partial charge is 0.424 e. The molecule has 0 aliphatic carbocycles. The Bertz CT molecular complexity index is 526. The van der Waals surface area contributed by atoms with Gasteiger partial charge in [0.25, 0.3) is 0 Å². The number of esters is 1. The lowest BCUT2D eigenvalue weighted by Gasteiger charge is -2.00. The van der Waals surface area contributed by atoms with Crippen molar-refractivity contribution in [3.8, 4) is 5.75 Å². The molecule has 0 aliphatic rings. The number of nitrogens with zero attached hydrogens (tertiary/aromatic N) is 1. The van der Waals surface area contributed by atoms with Crippen molar-refractivity contribution in [3.63, 3.8) is 0 Å². The molecular weight excluding hydrogens is 190 g/mol. The number of carbonyl (C=O) groups is 1. The van der Waals surface area contributed by atoms with Crippen LogP contribution in [0.4, 0.5) is 0 Å². The van der Waals surface area contributed by atoms with E-state index in [2.05, 4.69) is 0 Å². The van der Waals surface area contributed by atoms with Crippen molar-refractivity contribution < 1.29 is 9.53 Å². The Labute approximate surface area is 88.3 Å². The van der Waals surface area contributed by atoms with Crippen LogP contribution in [-0.2, 0) is 11.8 Å². The Morgan fingerprint density at radius 3 is 2.80 bits per heavy atom. The highest BCUT2D eigenvalue weighted by Crippen LogP contribution is 2.29. The molecule has 0 atom stereocenters. The lowest BCUT2D eigenvalue weighted by atomic mass is 10.1. The average molecular weight is 203 g/mol. The molecule has 0 saturated carbocycles. The molecule has 1 aromatic carbocycles. The fourth-order valence-electron chi connectivity index (χ4n) is 1.87. The van der Waals surface area contributed by atoms with Gasteiger partial charge in [-0.2, -0.15) is 0 Å².